The molecule has 0 spiro atoms. The van der Waals surface area contributed by atoms with E-state index in [1.165, 1.54) is 116 Å². The Hall–Kier alpha value is 0.270. The Morgan fingerprint density at radius 3 is 1.04 bits per heavy atom. The average molecular weight is 379 g/mol. The van der Waals surface area contributed by atoms with E-state index >= 15 is 0 Å². The van der Waals surface area contributed by atoms with Gasteiger partial charge in [0, 0.05) is 57.4 Å². The molecule has 0 atom stereocenters. The Bertz CT molecular complexity index is 390. The zero-order valence-electron chi connectivity index (χ0n) is 16.7. The molecule has 3 aliphatic heterocycles. The zero-order chi connectivity index (χ0) is 17.3. The molecule has 0 N–H and O–H groups in total. The summed E-state index contributed by atoms with van der Waals surface area (Å²) in [5, 5.41) is 0. The summed E-state index contributed by atoms with van der Waals surface area (Å²) in [6, 6.07) is 2.64. The summed E-state index contributed by atoms with van der Waals surface area (Å²) in [4.78, 5) is 2.80. The van der Waals surface area contributed by atoms with Gasteiger partial charge in [-0.25, -0.2) is 0 Å². The first kappa shape index (κ1) is 18.3. The van der Waals surface area contributed by atoms with Crippen molar-refractivity contribution in [3.05, 3.63) is 0 Å². The highest BCUT2D eigenvalue weighted by Gasteiger charge is 2.45. The minimum Gasteiger partial charge on any atom is -0.299 e. The maximum absolute atomic E-state index is 3.07. The quantitative estimate of drug-likeness (QED) is 0.680. The van der Waals surface area contributed by atoms with E-state index in [1.54, 1.807) is 0 Å². The van der Waals surface area contributed by atoms with Gasteiger partial charge in [-0.3, -0.25) is 18.9 Å². The van der Waals surface area contributed by atoms with Gasteiger partial charge in [0.05, 0.1) is 0 Å². The summed E-state index contributed by atoms with van der Waals surface area (Å²) < 4.78 is 9.22. The van der Waals surface area contributed by atoms with Gasteiger partial charge in [0.25, 0.3) is 0 Å². The lowest BCUT2D eigenvalue weighted by molar-refractivity contribution is 0.124. The second-order valence-corrected chi connectivity index (χ2v) is 11.5. The predicted molar refractivity (Wildman–Crippen MR) is 110 cm³/mol. The first-order valence-electron chi connectivity index (χ1n) is 11.7. The average Bonchev–Trinajstić information content (AvgIpc) is 3.38. The summed E-state index contributed by atoms with van der Waals surface area (Å²) in [6.07, 6.45) is 17.6. The van der Waals surface area contributed by atoms with Gasteiger partial charge in [0.2, 0.25) is 0 Å². The first-order chi connectivity index (χ1) is 12.9. The van der Waals surface area contributed by atoms with Crippen LogP contribution in [0.3, 0.4) is 0 Å². The van der Waals surface area contributed by atoms with E-state index in [9.17, 15) is 0 Å². The van der Waals surface area contributed by atoms with E-state index in [2.05, 4.69) is 18.9 Å². The number of nitrogens with zero attached hydrogens (tertiary/aromatic N) is 4. The van der Waals surface area contributed by atoms with Gasteiger partial charge in [0.1, 0.15) is 8.37 Å². The highest BCUT2D eigenvalue weighted by molar-refractivity contribution is 7.50. The normalized spacial score (nSPS) is 37.4. The summed E-state index contributed by atoms with van der Waals surface area (Å²) in [6.45, 7) is 7.99. The van der Waals surface area contributed by atoms with Crippen molar-refractivity contribution in [3.63, 3.8) is 0 Å². The molecule has 148 valence electrons. The molecule has 0 radical (unpaired) electrons. The van der Waals surface area contributed by atoms with Crippen LogP contribution in [0, 0.1) is 0 Å². The van der Waals surface area contributed by atoms with Gasteiger partial charge in [0.15, 0.2) is 0 Å². The van der Waals surface area contributed by atoms with E-state index in [1.807, 2.05) is 0 Å². The summed E-state index contributed by atoms with van der Waals surface area (Å²) in [5.41, 5.74) is 0. The fraction of sp³-hybridized carbons (Fsp3) is 1.00. The molecular formula is C21H39N4P. The van der Waals surface area contributed by atoms with Crippen molar-refractivity contribution in [2.24, 2.45) is 0 Å². The monoisotopic (exact) mass is 378 g/mol. The molecule has 6 aliphatic rings. The first-order valence-corrected chi connectivity index (χ1v) is 12.9. The molecule has 0 aromatic heterocycles. The van der Waals surface area contributed by atoms with Gasteiger partial charge >= 0.3 is 0 Å². The van der Waals surface area contributed by atoms with Crippen molar-refractivity contribution in [2.75, 3.05) is 39.3 Å². The van der Waals surface area contributed by atoms with E-state index in [0.717, 1.165) is 18.1 Å². The third kappa shape index (κ3) is 3.62. The molecule has 0 aromatic rings. The standard InChI is InChI=1S/C21H39N4P/c1-2-8-19(7-1)23-16-13-22-14-17-24(20-9-3-4-10-20)26(23)25(18-15-22)21-11-5-6-12-21/h19-21H,1-18H2. The summed E-state index contributed by atoms with van der Waals surface area (Å²) >= 11 is 0. The van der Waals surface area contributed by atoms with Gasteiger partial charge in [-0.05, 0) is 38.5 Å². The Morgan fingerprint density at radius 1 is 0.423 bits per heavy atom. The van der Waals surface area contributed by atoms with Crippen LogP contribution < -0.4 is 0 Å². The highest BCUT2D eigenvalue weighted by atomic mass is 31.2. The molecule has 3 heterocycles. The molecule has 26 heavy (non-hydrogen) atoms. The fourth-order valence-corrected chi connectivity index (χ4v) is 9.63. The molecule has 6 rings (SSSR count). The van der Waals surface area contributed by atoms with E-state index in [-0.39, 0.29) is 8.37 Å². The Balaban J connectivity index is 1.49. The third-order valence-electron chi connectivity index (χ3n) is 7.86. The SMILES string of the molecule is C1CCC(N2CCN3CCN(C4CCCC4)P2N(C2CCCC2)CC3)C1. The summed E-state index contributed by atoms with van der Waals surface area (Å²) in [7, 11) is -0.228. The smallest absolute Gasteiger partial charge is 0.121 e. The van der Waals surface area contributed by atoms with Crippen LogP contribution in [0.5, 0.6) is 0 Å². The molecule has 3 saturated heterocycles. The predicted octanol–water partition coefficient (Wildman–Crippen LogP) is 4.28. The number of rotatable bonds is 3. The number of hydrogen-bond donors (Lipinski definition) is 0. The maximum Gasteiger partial charge on any atom is 0.121 e. The van der Waals surface area contributed by atoms with E-state index in [4.69, 9.17) is 0 Å². The van der Waals surface area contributed by atoms with Crippen LogP contribution in [0.15, 0.2) is 0 Å². The molecule has 4 nitrogen and oxygen atoms in total. The van der Waals surface area contributed by atoms with Crippen LogP contribution in [-0.2, 0) is 0 Å². The van der Waals surface area contributed by atoms with Gasteiger partial charge < -0.3 is 0 Å². The van der Waals surface area contributed by atoms with Crippen LogP contribution in [-0.4, -0.2) is 76.3 Å². The molecule has 0 unspecified atom stereocenters. The minimum absolute atomic E-state index is 0.228. The van der Waals surface area contributed by atoms with Crippen molar-refractivity contribution < 1.29 is 0 Å². The van der Waals surface area contributed by atoms with E-state index < -0.39 is 0 Å². The third-order valence-corrected chi connectivity index (χ3v) is 10.8. The van der Waals surface area contributed by atoms with Gasteiger partial charge in [-0.2, -0.15) is 0 Å². The van der Waals surface area contributed by atoms with Gasteiger partial charge in [-0.1, -0.05) is 38.5 Å². The minimum atomic E-state index is -0.228. The van der Waals surface area contributed by atoms with Crippen molar-refractivity contribution >= 4 is 8.37 Å². The highest BCUT2D eigenvalue weighted by Crippen LogP contribution is 2.57. The second kappa shape index (κ2) is 8.33. The Labute approximate surface area is 162 Å². The molecule has 0 aromatic carbocycles. The molecule has 2 bridgehead atoms. The number of fused-ring (bicyclic) bond motifs is 6. The second-order valence-electron chi connectivity index (χ2n) is 9.41. The molecule has 0 amide bonds. The van der Waals surface area contributed by atoms with Crippen LogP contribution in [0.4, 0.5) is 0 Å². The van der Waals surface area contributed by atoms with Crippen LogP contribution >= 0.6 is 8.37 Å². The fourth-order valence-electron chi connectivity index (χ4n) is 6.37. The Morgan fingerprint density at radius 2 is 0.731 bits per heavy atom. The van der Waals surface area contributed by atoms with Crippen molar-refractivity contribution in [1.29, 1.82) is 0 Å². The van der Waals surface area contributed by atoms with Crippen LogP contribution in [0.1, 0.15) is 77.0 Å². The molecule has 6 fully saturated rings. The molecule has 3 aliphatic carbocycles. The lowest BCUT2D eigenvalue weighted by atomic mass is 10.2. The van der Waals surface area contributed by atoms with Crippen molar-refractivity contribution in [3.8, 4) is 0 Å². The van der Waals surface area contributed by atoms with Crippen LogP contribution in [0.2, 0.25) is 0 Å². The maximum atomic E-state index is 3.07. The summed E-state index contributed by atoms with van der Waals surface area (Å²) in [5.74, 6) is 0. The molecule has 3 saturated carbocycles. The lowest BCUT2D eigenvalue weighted by Crippen LogP contribution is -2.56. The Kier molecular flexibility index (Phi) is 5.87. The van der Waals surface area contributed by atoms with E-state index in [0.29, 0.717) is 0 Å². The zero-order valence-corrected chi connectivity index (χ0v) is 17.6. The lowest BCUT2D eigenvalue weighted by Gasteiger charge is -2.55. The van der Waals surface area contributed by atoms with Crippen molar-refractivity contribution in [1.82, 2.24) is 18.9 Å². The topological polar surface area (TPSA) is 13.0 Å². The largest absolute Gasteiger partial charge is 0.299 e. The molecular weight excluding hydrogens is 339 g/mol. The van der Waals surface area contributed by atoms with Crippen LogP contribution in [0.25, 0.3) is 0 Å². The number of hydrogen-bond acceptors (Lipinski definition) is 4. The van der Waals surface area contributed by atoms with Crippen molar-refractivity contribution in [2.45, 2.75) is 95.2 Å². The molecule has 5 heteroatoms. The van der Waals surface area contributed by atoms with Gasteiger partial charge in [-0.15, -0.1) is 0 Å².